The lowest BCUT2D eigenvalue weighted by atomic mass is 10.0. The molecule has 0 saturated heterocycles. The third-order valence-corrected chi connectivity index (χ3v) is 5.01. The number of anilines is 1. The Morgan fingerprint density at radius 3 is 2.56 bits per heavy atom. The number of carbonyl (C=O) groups excluding carboxylic acids is 1. The molecule has 8 nitrogen and oxygen atoms in total. The molecule has 0 radical (unpaired) electrons. The van der Waals surface area contributed by atoms with Gasteiger partial charge in [-0.1, -0.05) is 42.5 Å². The summed E-state index contributed by atoms with van der Waals surface area (Å²) in [4.78, 5) is 25.9. The highest BCUT2D eigenvalue weighted by molar-refractivity contribution is 5.97. The minimum absolute atomic E-state index is 0.234. The van der Waals surface area contributed by atoms with Crippen LogP contribution in [-0.4, -0.2) is 34.6 Å². The van der Waals surface area contributed by atoms with Crippen molar-refractivity contribution in [2.24, 2.45) is 0 Å². The lowest BCUT2D eigenvalue weighted by Crippen LogP contribution is -2.33. The van der Waals surface area contributed by atoms with Crippen LogP contribution in [0.2, 0.25) is 0 Å². The van der Waals surface area contributed by atoms with Crippen molar-refractivity contribution in [2.45, 2.75) is 6.54 Å². The smallest absolute Gasteiger partial charge is 0.327 e. The number of carbonyl (C=O) groups is 1. The zero-order valence-corrected chi connectivity index (χ0v) is 17.3. The molecule has 2 amide bonds. The van der Waals surface area contributed by atoms with Gasteiger partial charge in [-0.3, -0.25) is 15.1 Å². The van der Waals surface area contributed by atoms with E-state index in [-0.39, 0.29) is 12.1 Å². The average Bonchev–Trinajstić information content (AvgIpc) is 2.83. The molecule has 0 saturated carbocycles. The Labute approximate surface area is 184 Å². The van der Waals surface area contributed by atoms with E-state index in [0.29, 0.717) is 22.5 Å². The number of aromatic nitrogens is 2. The minimum Gasteiger partial charge on any atom is -0.497 e. The Morgan fingerprint density at radius 1 is 1.09 bits per heavy atom. The average molecular weight is 427 g/mol. The van der Waals surface area contributed by atoms with Gasteiger partial charge in [-0.15, -0.1) is 0 Å². The molecule has 3 N–H and O–H groups in total. The Kier molecular flexibility index (Phi) is 5.94. The topological polar surface area (TPSA) is 111 Å². The van der Waals surface area contributed by atoms with E-state index in [1.165, 1.54) is 4.90 Å². The van der Waals surface area contributed by atoms with Crippen LogP contribution in [0.3, 0.4) is 0 Å². The molecule has 4 aromatic rings. The number of aromatic amines is 1. The fraction of sp³-hybridized carbons (Fsp3) is 0.0833. The summed E-state index contributed by atoms with van der Waals surface area (Å²) in [6, 6.07) is 21.3. The molecule has 0 unspecified atom stereocenters. The molecular formula is C24H21N5O3. The molecule has 8 heteroatoms. The van der Waals surface area contributed by atoms with Gasteiger partial charge in [0, 0.05) is 16.6 Å². The summed E-state index contributed by atoms with van der Waals surface area (Å²) in [7, 11) is 1.58. The largest absolute Gasteiger partial charge is 0.497 e. The van der Waals surface area contributed by atoms with Gasteiger partial charge in [0.2, 0.25) is 0 Å². The highest BCUT2D eigenvalue weighted by Crippen LogP contribution is 2.25. The number of methoxy groups -OCH3 is 1. The molecule has 0 atom stereocenters. The molecule has 0 fully saturated rings. The summed E-state index contributed by atoms with van der Waals surface area (Å²) in [6.45, 7) is 0.234. The van der Waals surface area contributed by atoms with Crippen LogP contribution >= 0.6 is 0 Å². The second-order valence-electron chi connectivity index (χ2n) is 7.06. The van der Waals surface area contributed by atoms with Gasteiger partial charge in [0.15, 0.2) is 0 Å². The number of ether oxygens (including phenoxy) is 1. The van der Waals surface area contributed by atoms with Gasteiger partial charge in [0.1, 0.15) is 5.75 Å². The van der Waals surface area contributed by atoms with Crippen molar-refractivity contribution >= 4 is 28.8 Å². The molecule has 0 aliphatic heterocycles. The summed E-state index contributed by atoms with van der Waals surface area (Å²) in [5, 5.41) is 18.4. The van der Waals surface area contributed by atoms with Crippen LogP contribution in [0.15, 0.2) is 77.6 Å². The van der Waals surface area contributed by atoms with E-state index >= 15 is 0 Å². The zero-order chi connectivity index (χ0) is 22.5. The van der Waals surface area contributed by atoms with E-state index in [1.54, 1.807) is 31.4 Å². The maximum absolute atomic E-state index is 12.6. The first-order valence-electron chi connectivity index (χ1n) is 9.88. The highest BCUT2D eigenvalue weighted by Gasteiger charge is 2.13. The van der Waals surface area contributed by atoms with Crippen molar-refractivity contribution < 1.29 is 9.53 Å². The molecular weight excluding hydrogens is 406 g/mol. The highest BCUT2D eigenvalue weighted by atomic mass is 16.5. The Balaban J connectivity index is 1.51. The third-order valence-electron chi connectivity index (χ3n) is 5.01. The van der Waals surface area contributed by atoms with Gasteiger partial charge < -0.3 is 10.1 Å². The molecule has 160 valence electrons. The summed E-state index contributed by atoms with van der Waals surface area (Å²) in [5.41, 5.74) is 2.63. The normalized spacial score (nSPS) is 10.5. The number of rotatable bonds is 6. The summed E-state index contributed by atoms with van der Waals surface area (Å²) >= 11 is 0. The number of urea groups is 1. The van der Waals surface area contributed by atoms with Gasteiger partial charge >= 0.3 is 6.03 Å². The zero-order valence-electron chi connectivity index (χ0n) is 17.3. The fourth-order valence-corrected chi connectivity index (χ4v) is 3.39. The van der Waals surface area contributed by atoms with Crippen LogP contribution in [-0.2, 0) is 6.54 Å². The first-order chi connectivity index (χ1) is 15.6. The minimum atomic E-state index is -0.428. The molecule has 0 bridgehead atoms. The number of benzene rings is 3. The van der Waals surface area contributed by atoms with Crippen LogP contribution in [0.1, 0.15) is 5.56 Å². The fourth-order valence-electron chi connectivity index (χ4n) is 3.39. The summed E-state index contributed by atoms with van der Waals surface area (Å²) in [5.74, 6) is 0.687. The van der Waals surface area contributed by atoms with Crippen LogP contribution < -0.4 is 15.6 Å². The second-order valence-corrected chi connectivity index (χ2v) is 7.06. The Hall–Kier alpha value is -4.46. The van der Waals surface area contributed by atoms with Crippen LogP contribution in [0, 0.1) is 5.41 Å². The van der Waals surface area contributed by atoms with Crippen molar-refractivity contribution in [3.63, 3.8) is 0 Å². The molecule has 4 rings (SSSR count). The van der Waals surface area contributed by atoms with E-state index in [4.69, 9.17) is 10.1 Å². The molecule has 0 spiro atoms. The Morgan fingerprint density at radius 2 is 1.84 bits per heavy atom. The molecule has 0 aliphatic rings. The molecule has 0 aliphatic carbocycles. The number of H-pyrrole nitrogens is 1. The van der Waals surface area contributed by atoms with E-state index in [2.05, 4.69) is 15.5 Å². The van der Waals surface area contributed by atoms with Crippen molar-refractivity contribution in [3.8, 4) is 17.0 Å². The Bertz CT molecular complexity index is 1330. The van der Waals surface area contributed by atoms with E-state index in [0.717, 1.165) is 22.9 Å². The standard InChI is InChI=1S/C24H21N5O3/c1-32-19-6-4-5-16(13-19)14-29(15-25)24(31)26-18-11-9-17(10-12-18)22-20-7-2-3-8-21(20)23(30)28-27-22/h2-13,15,25H,14H2,1H3,(H,26,31)(H,28,30). The van der Waals surface area contributed by atoms with E-state index in [9.17, 15) is 9.59 Å². The van der Waals surface area contributed by atoms with Gasteiger partial charge in [-0.2, -0.15) is 5.10 Å². The predicted molar refractivity (Wildman–Crippen MR) is 124 cm³/mol. The maximum Gasteiger partial charge on any atom is 0.327 e. The van der Waals surface area contributed by atoms with Gasteiger partial charge in [-0.05, 0) is 35.9 Å². The third kappa shape index (κ3) is 4.34. The number of nitrogens with one attached hydrogen (secondary N) is 3. The van der Waals surface area contributed by atoms with Crippen LogP contribution in [0.25, 0.3) is 22.0 Å². The van der Waals surface area contributed by atoms with E-state index < -0.39 is 6.03 Å². The molecule has 32 heavy (non-hydrogen) atoms. The molecule has 3 aromatic carbocycles. The maximum atomic E-state index is 12.6. The SMILES string of the molecule is COc1cccc(CN(C=N)C(=O)Nc2ccc(-c3n[nH]c(=O)c4ccccc34)cc2)c1. The first kappa shape index (κ1) is 20.8. The molecule has 1 aromatic heterocycles. The van der Waals surface area contributed by atoms with Crippen LogP contribution in [0.4, 0.5) is 10.5 Å². The van der Waals surface area contributed by atoms with Crippen molar-refractivity contribution in [2.75, 3.05) is 12.4 Å². The number of amides is 2. The number of hydrogen-bond donors (Lipinski definition) is 3. The van der Waals surface area contributed by atoms with Gasteiger partial charge in [-0.25, -0.2) is 9.89 Å². The number of nitrogens with zero attached hydrogens (tertiary/aromatic N) is 2. The lowest BCUT2D eigenvalue weighted by molar-refractivity contribution is 0.233. The molecule has 1 heterocycles. The number of fused-ring (bicyclic) bond motifs is 1. The van der Waals surface area contributed by atoms with Crippen LogP contribution in [0.5, 0.6) is 5.75 Å². The quantitative estimate of drug-likeness (QED) is 0.316. The van der Waals surface area contributed by atoms with Gasteiger partial charge in [0.05, 0.1) is 31.1 Å². The first-order valence-corrected chi connectivity index (χ1v) is 9.88. The summed E-state index contributed by atoms with van der Waals surface area (Å²) in [6.07, 6.45) is 0.986. The monoisotopic (exact) mass is 427 g/mol. The number of hydrogen-bond acceptors (Lipinski definition) is 5. The predicted octanol–water partition coefficient (Wildman–Crippen LogP) is 4.24. The second kappa shape index (κ2) is 9.13. The summed E-state index contributed by atoms with van der Waals surface area (Å²) < 4.78 is 5.21. The lowest BCUT2D eigenvalue weighted by Gasteiger charge is -2.18. The van der Waals surface area contributed by atoms with Crippen molar-refractivity contribution in [1.82, 2.24) is 15.1 Å². The van der Waals surface area contributed by atoms with Crippen molar-refractivity contribution in [3.05, 3.63) is 88.7 Å². The van der Waals surface area contributed by atoms with E-state index in [1.807, 2.05) is 48.5 Å². The van der Waals surface area contributed by atoms with Gasteiger partial charge in [0.25, 0.3) is 5.56 Å². The van der Waals surface area contributed by atoms with Crippen molar-refractivity contribution in [1.29, 1.82) is 5.41 Å².